The van der Waals surface area contributed by atoms with E-state index in [1.165, 1.54) is 0 Å². The quantitative estimate of drug-likeness (QED) is 0.290. The van der Waals surface area contributed by atoms with Crippen molar-refractivity contribution in [3.63, 3.8) is 0 Å². The van der Waals surface area contributed by atoms with Gasteiger partial charge in [-0.15, -0.1) is 6.58 Å². The van der Waals surface area contributed by atoms with Gasteiger partial charge in [0.05, 0.1) is 13.2 Å². The molecule has 1 atom stereocenters. The van der Waals surface area contributed by atoms with Crippen molar-refractivity contribution >= 4 is 14.6 Å². The van der Waals surface area contributed by atoms with E-state index in [0.717, 1.165) is 12.7 Å². The highest BCUT2D eigenvalue weighted by Crippen LogP contribution is 2.36. The average molecular weight is 258 g/mol. The Labute approximate surface area is 106 Å². The Hall–Kier alpha value is -0.453. The largest absolute Gasteiger partial charge is 0.414 e. The highest BCUT2D eigenvalue weighted by atomic mass is 28.4. The minimum Gasteiger partial charge on any atom is -0.414 e. The minimum absolute atomic E-state index is 0.154. The first kappa shape index (κ1) is 16.5. The number of hydrogen-bond acceptors (Lipinski definition) is 3. The van der Waals surface area contributed by atoms with Gasteiger partial charge in [0.2, 0.25) is 0 Å². The van der Waals surface area contributed by atoms with Crippen molar-refractivity contribution < 1.29 is 14.0 Å². The predicted octanol–water partition coefficient (Wildman–Crippen LogP) is 3.17. The number of carbonyl (C=O) groups is 1. The van der Waals surface area contributed by atoms with Gasteiger partial charge in [0.25, 0.3) is 0 Å². The lowest BCUT2D eigenvalue weighted by molar-refractivity contribution is -0.120. The van der Waals surface area contributed by atoms with Crippen LogP contribution in [0.3, 0.4) is 0 Å². The van der Waals surface area contributed by atoms with Gasteiger partial charge in [0.15, 0.2) is 14.6 Å². The summed E-state index contributed by atoms with van der Waals surface area (Å²) in [5, 5.41) is 0.154. The van der Waals surface area contributed by atoms with Gasteiger partial charge in [-0.2, -0.15) is 0 Å². The summed E-state index contributed by atoms with van der Waals surface area (Å²) in [6.45, 7) is 15.3. The highest BCUT2D eigenvalue weighted by Gasteiger charge is 2.37. The van der Waals surface area contributed by atoms with Gasteiger partial charge in [-0.05, 0) is 24.6 Å². The maximum atomic E-state index is 10.9. The van der Waals surface area contributed by atoms with Gasteiger partial charge >= 0.3 is 0 Å². The van der Waals surface area contributed by atoms with Gasteiger partial charge in [0.1, 0.15) is 6.10 Å². The van der Waals surface area contributed by atoms with Crippen LogP contribution in [0.25, 0.3) is 0 Å². The molecule has 0 aromatic carbocycles. The van der Waals surface area contributed by atoms with Crippen molar-refractivity contribution in [1.29, 1.82) is 0 Å². The normalized spacial score (nSPS) is 14.4. The highest BCUT2D eigenvalue weighted by molar-refractivity contribution is 6.74. The fourth-order valence-corrected chi connectivity index (χ4v) is 1.95. The van der Waals surface area contributed by atoms with Crippen LogP contribution in [0.1, 0.15) is 27.2 Å². The number of carbonyl (C=O) groups excluding carboxylic acids is 1. The van der Waals surface area contributed by atoms with Gasteiger partial charge in [0, 0.05) is 0 Å². The molecule has 0 aromatic rings. The smallest absolute Gasteiger partial charge is 0.192 e. The Morgan fingerprint density at radius 1 is 1.35 bits per heavy atom. The Kier molecular flexibility index (Phi) is 6.90. The summed E-state index contributed by atoms with van der Waals surface area (Å²) in [6.07, 6.45) is 2.89. The average Bonchev–Trinajstić information content (AvgIpc) is 2.21. The molecular formula is C13H26O3Si. The van der Waals surface area contributed by atoms with E-state index < -0.39 is 14.4 Å². The van der Waals surface area contributed by atoms with Crippen LogP contribution in [-0.4, -0.2) is 33.9 Å². The molecule has 0 spiro atoms. The van der Waals surface area contributed by atoms with Crippen LogP contribution in [-0.2, 0) is 14.0 Å². The van der Waals surface area contributed by atoms with E-state index in [-0.39, 0.29) is 5.04 Å². The molecule has 0 unspecified atom stereocenters. The summed E-state index contributed by atoms with van der Waals surface area (Å²) in [4.78, 5) is 10.9. The number of aldehydes is 1. The lowest BCUT2D eigenvalue weighted by atomic mass is 10.2. The molecule has 4 heteroatoms. The predicted molar refractivity (Wildman–Crippen MR) is 73.8 cm³/mol. The minimum atomic E-state index is -1.79. The van der Waals surface area contributed by atoms with E-state index in [4.69, 9.17) is 9.16 Å². The molecule has 3 nitrogen and oxygen atoms in total. The summed E-state index contributed by atoms with van der Waals surface area (Å²) in [5.41, 5.74) is 0. The third-order valence-corrected chi connectivity index (χ3v) is 7.72. The first-order chi connectivity index (χ1) is 7.74. The molecule has 0 saturated heterocycles. The third-order valence-electron chi connectivity index (χ3n) is 3.22. The van der Waals surface area contributed by atoms with Crippen molar-refractivity contribution in [2.45, 2.75) is 51.4 Å². The summed E-state index contributed by atoms with van der Waals surface area (Å²) >= 11 is 0. The van der Waals surface area contributed by atoms with Crippen molar-refractivity contribution in [2.75, 3.05) is 13.2 Å². The van der Waals surface area contributed by atoms with E-state index >= 15 is 0 Å². The van der Waals surface area contributed by atoms with Crippen molar-refractivity contribution in [3.8, 4) is 0 Å². The summed E-state index contributed by atoms with van der Waals surface area (Å²) in [7, 11) is -1.79. The molecule has 0 amide bonds. The van der Waals surface area contributed by atoms with Gasteiger partial charge in [-0.25, -0.2) is 0 Å². The van der Waals surface area contributed by atoms with Crippen molar-refractivity contribution in [3.05, 3.63) is 12.7 Å². The molecule has 0 aliphatic heterocycles. The van der Waals surface area contributed by atoms with E-state index in [0.29, 0.717) is 13.2 Å². The van der Waals surface area contributed by atoms with E-state index in [1.807, 2.05) is 0 Å². The van der Waals surface area contributed by atoms with E-state index in [1.54, 1.807) is 6.08 Å². The lowest BCUT2D eigenvalue weighted by Crippen LogP contribution is -2.43. The fourth-order valence-electron chi connectivity index (χ4n) is 0.936. The standard InChI is InChI=1S/C13H26O3Si/c1-7-8-9-15-12(10-14)11-16-17(5,6)13(2,3)4/h7,10,12H,1,8-9,11H2,2-6H3/t12-/m1/s1. The Morgan fingerprint density at radius 2 is 1.94 bits per heavy atom. The zero-order valence-electron chi connectivity index (χ0n) is 11.8. The lowest BCUT2D eigenvalue weighted by Gasteiger charge is -2.36. The molecule has 0 radical (unpaired) electrons. The van der Waals surface area contributed by atoms with Gasteiger partial charge in [-0.1, -0.05) is 26.8 Å². The molecule has 0 saturated carbocycles. The molecule has 0 aliphatic carbocycles. The van der Waals surface area contributed by atoms with Gasteiger partial charge < -0.3 is 14.0 Å². The van der Waals surface area contributed by atoms with Crippen LogP contribution in [0, 0.1) is 0 Å². The zero-order valence-corrected chi connectivity index (χ0v) is 12.8. The molecule has 0 heterocycles. The number of rotatable bonds is 8. The SMILES string of the molecule is C=CCCO[C@H](C=O)CO[Si](C)(C)C(C)(C)C. The monoisotopic (exact) mass is 258 g/mol. The molecule has 0 bridgehead atoms. The van der Waals surface area contributed by atoms with Gasteiger partial charge in [-0.3, -0.25) is 0 Å². The Bertz CT molecular complexity index is 244. The van der Waals surface area contributed by atoms with Crippen LogP contribution in [0.2, 0.25) is 18.1 Å². The van der Waals surface area contributed by atoms with Crippen LogP contribution < -0.4 is 0 Å². The van der Waals surface area contributed by atoms with Crippen molar-refractivity contribution in [1.82, 2.24) is 0 Å². The van der Waals surface area contributed by atoms with Crippen LogP contribution in [0.5, 0.6) is 0 Å². The number of hydrogen-bond donors (Lipinski definition) is 0. The second kappa shape index (κ2) is 7.09. The second-order valence-corrected chi connectivity index (χ2v) is 10.5. The first-order valence-corrected chi connectivity index (χ1v) is 8.97. The fraction of sp³-hybridized carbons (Fsp3) is 0.769. The van der Waals surface area contributed by atoms with Crippen molar-refractivity contribution in [2.24, 2.45) is 0 Å². The molecule has 0 fully saturated rings. The second-order valence-electron chi connectivity index (χ2n) is 5.69. The summed E-state index contributed by atoms with van der Waals surface area (Å²) in [6, 6.07) is 0. The van der Waals surface area contributed by atoms with Crippen LogP contribution in [0.15, 0.2) is 12.7 Å². The Balaban J connectivity index is 4.14. The Morgan fingerprint density at radius 3 is 2.35 bits per heavy atom. The van der Waals surface area contributed by atoms with E-state index in [2.05, 4.69) is 40.4 Å². The third kappa shape index (κ3) is 6.15. The summed E-state index contributed by atoms with van der Waals surface area (Å²) < 4.78 is 11.3. The number of ether oxygens (including phenoxy) is 1. The maximum Gasteiger partial charge on any atom is 0.192 e. The van der Waals surface area contributed by atoms with Crippen LogP contribution in [0.4, 0.5) is 0 Å². The van der Waals surface area contributed by atoms with Crippen LogP contribution >= 0.6 is 0 Å². The summed E-state index contributed by atoms with van der Waals surface area (Å²) in [5.74, 6) is 0. The zero-order chi connectivity index (χ0) is 13.5. The first-order valence-electron chi connectivity index (χ1n) is 6.06. The molecule has 100 valence electrons. The molecule has 0 N–H and O–H groups in total. The maximum absolute atomic E-state index is 10.9. The molecule has 0 aliphatic rings. The topological polar surface area (TPSA) is 35.5 Å². The molecule has 0 rings (SSSR count). The molecule has 17 heavy (non-hydrogen) atoms. The molecule has 0 aromatic heterocycles. The molecular weight excluding hydrogens is 232 g/mol. The van der Waals surface area contributed by atoms with E-state index in [9.17, 15) is 4.79 Å².